The van der Waals surface area contributed by atoms with Gasteiger partial charge in [0.2, 0.25) is 0 Å². The van der Waals surface area contributed by atoms with Gasteiger partial charge < -0.3 is 10.1 Å². The summed E-state index contributed by atoms with van der Waals surface area (Å²) in [7, 11) is 0. The minimum Gasteiger partial charge on any atom is -0.484 e. The molecule has 0 radical (unpaired) electrons. The Morgan fingerprint density at radius 2 is 1.96 bits per heavy atom. The maximum atomic E-state index is 6.39. The van der Waals surface area contributed by atoms with Crippen LogP contribution in [0.1, 0.15) is 21.4 Å². The first-order valence-corrected chi connectivity index (χ1v) is 8.97. The van der Waals surface area contributed by atoms with E-state index in [0.29, 0.717) is 0 Å². The molecular formula is C18H17BrClNOS. The van der Waals surface area contributed by atoms with Crippen LogP contribution in [0.4, 0.5) is 0 Å². The number of aryl methyl sites for hydroxylation is 1. The molecule has 0 aliphatic carbocycles. The number of fused-ring (bicyclic) bond motifs is 2. The second-order valence-corrected chi connectivity index (χ2v) is 7.76. The molecule has 2 heterocycles. The van der Waals surface area contributed by atoms with Gasteiger partial charge in [-0.3, -0.25) is 0 Å². The third kappa shape index (κ3) is 3.13. The van der Waals surface area contributed by atoms with Gasteiger partial charge in [-0.25, -0.2) is 0 Å². The van der Waals surface area contributed by atoms with Crippen molar-refractivity contribution >= 4 is 50.4 Å². The van der Waals surface area contributed by atoms with Crippen molar-refractivity contribution in [1.82, 2.24) is 5.32 Å². The van der Waals surface area contributed by atoms with Crippen LogP contribution in [0.25, 0.3) is 10.8 Å². The summed E-state index contributed by atoms with van der Waals surface area (Å²) in [4.78, 5) is 2.75. The minimum atomic E-state index is 0. The number of hydrogen-bond acceptors (Lipinski definition) is 3. The lowest BCUT2D eigenvalue weighted by atomic mass is 10.1. The summed E-state index contributed by atoms with van der Waals surface area (Å²) < 4.78 is 7.49. The van der Waals surface area contributed by atoms with Crippen molar-refractivity contribution in [2.24, 2.45) is 0 Å². The van der Waals surface area contributed by atoms with Gasteiger partial charge in [0.05, 0.1) is 0 Å². The Morgan fingerprint density at radius 3 is 2.78 bits per heavy atom. The Hall–Kier alpha value is -1.07. The highest BCUT2D eigenvalue weighted by molar-refractivity contribution is 9.10. The van der Waals surface area contributed by atoms with Crippen LogP contribution in [0.5, 0.6) is 5.75 Å². The molecule has 3 aromatic rings. The molecule has 23 heavy (non-hydrogen) atoms. The summed E-state index contributed by atoms with van der Waals surface area (Å²) in [5.41, 5.74) is 1.34. The van der Waals surface area contributed by atoms with Gasteiger partial charge in [-0.2, -0.15) is 0 Å². The lowest BCUT2D eigenvalue weighted by molar-refractivity contribution is 0.195. The largest absolute Gasteiger partial charge is 0.484 e. The van der Waals surface area contributed by atoms with Crippen molar-refractivity contribution in [3.05, 3.63) is 62.3 Å². The number of thiophene rings is 1. The normalized spacial score (nSPS) is 16.7. The zero-order valence-electron chi connectivity index (χ0n) is 12.6. The third-order valence-corrected chi connectivity index (χ3v) is 5.78. The molecule has 1 N–H and O–H groups in total. The molecule has 0 spiro atoms. The van der Waals surface area contributed by atoms with E-state index in [9.17, 15) is 0 Å². The quantitative estimate of drug-likeness (QED) is 0.592. The van der Waals surface area contributed by atoms with Crippen molar-refractivity contribution in [3.63, 3.8) is 0 Å². The number of nitrogens with one attached hydrogen (secondary N) is 1. The van der Waals surface area contributed by atoms with Crippen LogP contribution >= 0.6 is 39.7 Å². The van der Waals surface area contributed by atoms with Crippen LogP contribution in [0, 0.1) is 6.92 Å². The van der Waals surface area contributed by atoms with E-state index in [-0.39, 0.29) is 18.5 Å². The number of hydrogen-bond donors (Lipinski definition) is 1. The van der Waals surface area contributed by atoms with Gasteiger partial charge in [0.1, 0.15) is 11.9 Å². The second-order valence-electron chi connectivity index (χ2n) is 5.56. The van der Waals surface area contributed by atoms with E-state index in [1.807, 2.05) is 11.3 Å². The van der Waals surface area contributed by atoms with Gasteiger partial charge in [-0.1, -0.05) is 40.2 Å². The minimum absolute atomic E-state index is 0. The second kappa shape index (κ2) is 6.81. The fourth-order valence-corrected chi connectivity index (χ4v) is 4.55. The van der Waals surface area contributed by atoms with Gasteiger partial charge in [-0.05, 0) is 30.5 Å². The molecule has 0 bridgehead atoms. The average molecular weight is 411 g/mol. The van der Waals surface area contributed by atoms with Gasteiger partial charge in [-0.15, -0.1) is 23.7 Å². The molecule has 5 heteroatoms. The van der Waals surface area contributed by atoms with Gasteiger partial charge in [0.15, 0.2) is 0 Å². The van der Waals surface area contributed by atoms with Crippen LogP contribution in [-0.4, -0.2) is 6.54 Å². The molecule has 0 saturated heterocycles. The van der Waals surface area contributed by atoms with E-state index in [0.717, 1.165) is 28.7 Å². The molecule has 0 amide bonds. The zero-order chi connectivity index (χ0) is 15.1. The smallest absolute Gasteiger partial charge is 0.137 e. The molecule has 1 unspecified atom stereocenters. The van der Waals surface area contributed by atoms with E-state index in [4.69, 9.17) is 4.74 Å². The Labute approximate surface area is 154 Å². The fraction of sp³-hybridized carbons (Fsp3) is 0.222. The highest BCUT2D eigenvalue weighted by Gasteiger charge is 2.24. The monoisotopic (exact) mass is 409 g/mol. The molecular weight excluding hydrogens is 394 g/mol. The van der Waals surface area contributed by atoms with Crippen molar-refractivity contribution < 1.29 is 4.74 Å². The van der Waals surface area contributed by atoms with Crippen LogP contribution in [0.3, 0.4) is 0 Å². The predicted octanol–water partition coefficient (Wildman–Crippen LogP) is 5.62. The molecule has 1 atom stereocenters. The molecule has 1 aliphatic rings. The fourth-order valence-electron chi connectivity index (χ4n) is 3.02. The lowest BCUT2D eigenvalue weighted by Gasteiger charge is -2.25. The van der Waals surface area contributed by atoms with Crippen LogP contribution in [-0.2, 0) is 6.54 Å². The highest BCUT2D eigenvalue weighted by Crippen LogP contribution is 2.37. The van der Waals surface area contributed by atoms with Gasteiger partial charge in [0, 0.05) is 38.3 Å². The standard InChI is InChI=1S/C18H16BrNOS.ClH/c1-11-8-14-17(9-20-10-18(14)22-11)21-16-7-6-15(19)12-4-2-3-5-13(12)16;/h2-8,17,20H,9-10H2,1H3;1H. The summed E-state index contributed by atoms with van der Waals surface area (Å²) in [6, 6.07) is 14.7. The SMILES string of the molecule is Cc1cc2c(s1)CNCC2Oc1ccc(Br)c2ccccc12.Cl. The number of halogens is 2. The Bertz CT molecular complexity index is 848. The van der Waals surface area contributed by atoms with E-state index in [1.54, 1.807) is 0 Å². The number of ether oxygens (including phenoxy) is 1. The molecule has 4 rings (SSSR count). The first kappa shape index (κ1) is 16.8. The molecule has 0 saturated carbocycles. The summed E-state index contributed by atoms with van der Waals surface area (Å²) in [5.74, 6) is 0.947. The Kier molecular flexibility index (Phi) is 4.97. The predicted molar refractivity (Wildman–Crippen MR) is 103 cm³/mol. The molecule has 120 valence electrons. The Morgan fingerprint density at radius 1 is 1.17 bits per heavy atom. The average Bonchev–Trinajstić information content (AvgIpc) is 2.92. The molecule has 1 aromatic heterocycles. The zero-order valence-corrected chi connectivity index (χ0v) is 15.9. The van der Waals surface area contributed by atoms with Crippen LogP contribution < -0.4 is 10.1 Å². The molecule has 1 aliphatic heterocycles. The first-order valence-electron chi connectivity index (χ1n) is 7.36. The summed E-state index contributed by atoms with van der Waals surface area (Å²) >= 11 is 5.48. The van der Waals surface area contributed by atoms with E-state index in [2.05, 4.69) is 70.6 Å². The topological polar surface area (TPSA) is 21.3 Å². The van der Waals surface area contributed by atoms with E-state index < -0.39 is 0 Å². The van der Waals surface area contributed by atoms with E-state index in [1.165, 1.54) is 20.7 Å². The Balaban J connectivity index is 0.00000156. The lowest BCUT2D eigenvalue weighted by Crippen LogP contribution is -2.30. The molecule has 2 nitrogen and oxygen atoms in total. The molecule has 0 fully saturated rings. The van der Waals surface area contributed by atoms with E-state index >= 15 is 0 Å². The van der Waals surface area contributed by atoms with Crippen molar-refractivity contribution in [2.75, 3.05) is 6.54 Å². The van der Waals surface area contributed by atoms with Gasteiger partial charge >= 0.3 is 0 Å². The highest BCUT2D eigenvalue weighted by atomic mass is 79.9. The third-order valence-electron chi connectivity index (χ3n) is 4.03. The van der Waals surface area contributed by atoms with Crippen molar-refractivity contribution in [2.45, 2.75) is 19.6 Å². The maximum Gasteiger partial charge on any atom is 0.137 e. The first-order chi connectivity index (χ1) is 10.7. The van der Waals surface area contributed by atoms with Crippen molar-refractivity contribution in [3.8, 4) is 5.75 Å². The maximum absolute atomic E-state index is 6.39. The van der Waals surface area contributed by atoms with Crippen LogP contribution in [0.15, 0.2) is 46.9 Å². The summed E-state index contributed by atoms with van der Waals surface area (Å²) in [6.45, 7) is 3.97. The van der Waals surface area contributed by atoms with Crippen molar-refractivity contribution in [1.29, 1.82) is 0 Å². The summed E-state index contributed by atoms with van der Waals surface area (Å²) in [5, 5.41) is 5.79. The number of benzene rings is 2. The number of rotatable bonds is 2. The summed E-state index contributed by atoms with van der Waals surface area (Å²) in [6.07, 6.45) is 0.0817. The molecule has 2 aromatic carbocycles. The van der Waals surface area contributed by atoms with Crippen LogP contribution in [0.2, 0.25) is 0 Å². The van der Waals surface area contributed by atoms with Gasteiger partial charge in [0.25, 0.3) is 0 Å².